The number of halogens is 1. The molecule has 0 radical (unpaired) electrons. The molecule has 1 atom stereocenters. The van der Waals surface area contributed by atoms with Crippen molar-refractivity contribution < 1.29 is 22.3 Å². The second-order valence-corrected chi connectivity index (χ2v) is 8.63. The predicted molar refractivity (Wildman–Crippen MR) is 88.7 cm³/mol. The van der Waals surface area contributed by atoms with Gasteiger partial charge in [0.15, 0.2) is 0 Å². The quantitative estimate of drug-likeness (QED) is 0.832. The van der Waals surface area contributed by atoms with E-state index in [1.165, 1.54) is 17.0 Å². The molecule has 1 unspecified atom stereocenters. The Morgan fingerprint density at radius 3 is 2.50 bits per heavy atom. The minimum absolute atomic E-state index is 0.0826. The molecule has 0 spiro atoms. The van der Waals surface area contributed by atoms with Crippen molar-refractivity contribution >= 4 is 15.9 Å². The number of nitrogens with zero attached hydrogens (tertiary/aromatic N) is 1. The lowest BCUT2D eigenvalue weighted by atomic mass is 10.1. The second-order valence-electron chi connectivity index (χ2n) is 6.76. The maximum atomic E-state index is 14.3. The van der Waals surface area contributed by atoms with Crippen LogP contribution in [0, 0.1) is 5.92 Å². The van der Waals surface area contributed by atoms with Gasteiger partial charge in [-0.05, 0) is 45.4 Å². The zero-order valence-corrected chi connectivity index (χ0v) is 14.8. The fourth-order valence-corrected chi connectivity index (χ4v) is 3.51. The van der Waals surface area contributed by atoms with Gasteiger partial charge < -0.3 is 9.64 Å². The lowest BCUT2D eigenvalue weighted by Gasteiger charge is -2.24. The molecule has 7 heteroatoms. The smallest absolute Gasteiger partial charge is 0.410 e. The molecule has 5 nitrogen and oxygen atoms in total. The van der Waals surface area contributed by atoms with E-state index in [0.717, 1.165) is 6.08 Å². The minimum Gasteiger partial charge on any atom is -0.444 e. The van der Waals surface area contributed by atoms with Crippen LogP contribution in [0.5, 0.6) is 0 Å². The molecule has 1 saturated heterocycles. The van der Waals surface area contributed by atoms with Crippen molar-refractivity contribution in [1.29, 1.82) is 0 Å². The first-order valence-electron chi connectivity index (χ1n) is 7.75. The molecule has 0 bridgehead atoms. The van der Waals surface area contributed by atoms with Gasteiger partial charge in [0.05, 0.1) is 4.90 Å². The maximum absolute atomic E-state index is 14.3. The van der Waals surface area contributed by atoms with E-state index in [-0.39, 0.29) is 17.4 Å². The van der Waals surface area contributed by atoms with Crippen molar-refractivity contribution in [1.82, 2.24) is 4.90 Å². The summed E-state index contributed by atoms with van der Waals surface area (Å²) in [5.74, 6) is -0.351. The molecule has 1 heterocycles. The molecule has 0 aromatic heterocycles. The van der Waals surface area contributed by atoms with Crippen molar-refractivity contribution in [3.63, 3.8) is 0 Å². The summed E-state index contributed by atoms with van der Waals surface area (Å²) in [5.41, 5.74) is -0.604. The van der Waals surface area contributed by atoms with Crippen LogP contribution in [0.15, 0.2) is 46.5 Å². The van der Waals surface area contributed by atoms with E-state index in [0.29, 0.717) is 13.0 Å². The maximum Gasteiger partial charge on any atom is 0.410 e. The Balaban J connectivity index is 2.06. The normalized spacial score (nSPS) is 19.4. The largest absolute Gasteiger partial charge is 0.444 e. The van der Waals surface area contributed by atoms with E-state index in [4.69, 9.17) is 4.74 Å². The van der Waals surface area contributed by atoms with Crippen LogP contribution in [0.1, 0.15) is 27.2 Å². The van der Waals surface area contributed by atoms with Crippen LogP contribution < -0.4 is 0 Å². The molecule has 1 fully saturated rings. The first kappa shape index (κ1) is 18.4. The van der Waals surface area contributed by atoms with Crippen LogP contribution in [-0.4, -0.2) is 38.1 Å². The van der Waals surface area contributed by atoms with Crippen LogP contribution in [0.25, 0.3) is 0 Å². The standard InChI is InChI=1S/C17H22FNO4S/c1-17(2,3)23-16(20)19-10-9-13(12-19)11-15(18)24(21,22)14-7-5-4-6-8-14/h4-8,11,13H,9-10,12H2,1-3H3. The number of hydrogen-bond acceptors (Lipinski definition) is 4. The molecule has 2 rings (SSSR count). The molecule has 1 amide bonds. The van der Waals surface area contributed by atoms with Crippen molar-refractivity contribution in [3.05, 3.63) is 41.6 Å². The number of carbonyl (C=O) groups excluding carboxylic acids is 1. The Morgan fingerprint density at radius 2 is 1.92 bits per heavy atom. The van der Waals surface area contributed by atoms with Crippen LogP contribution >= 0.6 is 0 Å². The van der Waals surface area contributed by atoms with Gasteiger partial charge in [-0.3, -0.25) is 0 Å². The van der Waals surface area contributed by atoms with E-state index in [1.54, 1.807) is 39.0 Å². The number of ether oxygens (including phenoxy) is 1. The molecule has 1 aliphatic heterocycles. The Hall–Kier alpha value is -1.89. The first-order chi connectivity index (χ1) is 11.1. The Kier molecular flexibility index (Phi) is 5.32. The summed E-state index contributed by atoms with van der Waals surface area (Å²) >= 11 is 0. The van der Waals surface area contributed by atoms with Gasteiger partial charge >= 0.3 is 6.09 Å². The number of hydrogen-bond donors (Lipinski definition) is 0. The highest BCUT2D eigenvalue weighted by atomic mass is 32.2. The fourth-order valence-electron chi connectivity index (χ4n) is 2.40. The zero-order chi connectivity index (χ0) is 18.0. The van der Waals surface area contributed by atoms with Crippen molar-refractivity contribution in [3.8, 4) is 0 Å². The highest BCUT2D eigenvalue weighted by Gasteiger charge is 2.30. The Labute approximate surface area is 142 Å². The highest BCUT2D eigenvalue weighted by Crippen LogP contribution is 2.26. The molecular formula is C17H22FNO4S. The Morgan fingerprint density at radius 1 is 1.29 bits per heavy atom. The van der Waals surface area contributed by atoms with Gasteiger partial charge in [-0.1, -0.05) is 18.2 Å². The predicted octanol–water partition coefficient (Wildman–Crippen LogP) is 3.53. The number of amides is 1. The average Bonchev–Trinajstić information content (AvgIpc) is 2.95. The summed E-state index contributed by atoms with van der Waals surface area (Å²) < 4.78 is 43.9. The van der Waals surface area contributed by atoms with E-state index < -0.39 is 26.7 Å². The van der Waals surface area contributed by atoms with Crippen LogP contribution in [0.2, 0.25) is 0 Å². The number of sulfone groups is 1. The molecule has 1 aliphatic rings. The first-order valence-corrected chi connectivity index (χ1v) is 9.23. The number of rotatable bonds is 3. The average molecular weight is 355 g/mol. The van der Waals surface area contributed by atoms with E-state index in [2.05, 4.69) is 0 Å². The molecule has 0 N–H and O–H groups in total. The van der Waals surface area contributed by atoms with Crippen LogP contribution in [-0.2, 0) is 14.6 Å². The summed E-state index contributed by atoms with van der Waals surface area (Å²) in [5, 5.41) is -1.18. The summed E-state index contributed by atoms with van der Waals surface area (Å²) in [6, 6.07) is 7.45. The second kappa shape index (κ2) is 6.93. The van der Waals surface area contributed by atoms with E-state index in [9.17, 15) is 17.6 Å². The van der Waals surface area contributed by atoms with Gasteiger partial charge in [0, 0.05) is 19.0 Å². The van der Waals surface area contributed by atoms with E-state index in [1.807, 2.05) is 0 Å². The molecule has 24 heavy (non-hydrogen) atoms. The molecule has 0 aliphatic carbocycles. The van der Waals surface area contributed by atoms with Crippen LogP contribution in [0.4, 0.5) is 9.18 Å². The molecule has 1 aromatic rings. The Bertz CT molecular complexity index is 723. The van der Waals surface area contributed by atoms with Crippen molar-refractivity contribution in [2.24, 2.45) is 5.92 Å². The SMILES string of the molecule is CC(C)(C)OC(=O)N1CCC(C=C(F)S(=O)(=O)c2ccccc2)C1. The zero-order valence-electron chi connectivity index (χ0n) is 14.0. The molecule has 132 valence electrons. The minimum atomic E-state index is -4.13. The summed E-state index contributed by atoms with van der Waals surface area (Å²) in [7, 11) is -4.13. The molecular weight excluding hydrogens is 333 g/mol. The van der Waals surface area contributed by atoms with Gasteiger partial charge in [-0.2, -0.15) is 4.39 Å². The monoisotopic (exact) mass is 355 g/mol. The number of carbonyl (C=O) groups is 1. The lowest BCUT2D eigenvalue weighted by Crippen LogP contribution is -2.35. The van der Waals surface area contributed by atoms with Crippen LogP contribution in [0.3, 0.4) is 0 Å². The summed E-state index contributed by atoms with van der Waals surface area (Å²) in [6.45, 7) is 5.96. The lowest BCUT2D eigenvalue weighted by molar-refractivity contribution is 0.0291. The van der Waals surface area contributed by atoms with E-state index >= 15 is 0 Å². The van der Waals surface area contributed by atoms with Crippen molar-refractivity contribution in [2.45, 2.75) is 37.7 Å². The third-order valence-corrected chi connectivity index (χ3v) is 5.10. The highest BCUT2D eigenvalue weighted by molar-refractivity contribution is 7.95. The summed E-state index contributed by atoms with van der Waals surface area (Å²) in [6.07, 6.45) is 1.12. The summed E-state index contributed by atoms with van der Waals surface area (Å²) in [4.78, 5) is 13.4. The topological polar surface area (TPSA) is 63.7 Å². The van der Waals surface area contributed by atoms with Gasteiger partial charge in [0.1, 0.15) is 5.60 Å². The fraction of sp³-hybridized carbons (Fsp3) is 0.471. The third-order valence-electron chi connectivity index (χ3n) is 3.55. The van der Waals surface area contributed by atoms with Gasteiger partial charge in [-0.25, -0.2) is 13.2 Å². The number of likely N-dealkylation sites (tertiary alicyclic amines) is 1. The molecule has 1 aromatic carbocycles. The van der Waals surface area contributed by atoms with Crippen molar-refractivity contribution in [2.75, 3.05) is 13.1 Å². The molecule has 0 saturated carbocycles. The van der Waals surface area contributed by atoms with Gasteiger partial charge in [0.2, 0.25) is 15.0 Å². The third kappa shape index (κ3) is 4.56. The van der Waals surface area contributed by atoms with Gasteiger partial charge in [0.25, 0.3) is 0 Å². The van der Waals surface area contributed by atoms with Gasteiger partial charge in [-0.15, -0.1) is 0 Å². The number of benzene rings is 1.